The van der Waals surface area contributed by atoms with Crippen molar-refractivity contribution in [2.75, 3.05) is 18.0 Å². The molecule has 0 aliphatic carbocycles. The minimum atomic E-state index is -0.0771. The smallest absolute Gasteiger partial charge is 0.290 e. The van der Waals surface area contributed by atoms with Gasteiger partial charge in [0.15, 0.2) is 5.82 Å². The van der Waals surface area contributed by atoms with Crippen molar-refractivity contribution in [3.05, 3.63) is 22.7 Å². The highest BCUT2D eigenvalue weighted by atomic mass is 16.1. The second-order valence-electron chi connectivity index (χ2n) is 6.22. The zero-order chi connectivity index (χ0) is 13.2. The van der Waals surface area contributed by atoms with E-state index in [1.807, 2.05) is 0 Å². The summed E-state index contributed by atoms with van der Waals surface area (Å²) in [7, 11) is 0. The van der Waals surface area contributed by atoms with E-state index in [1.54, 1.807) is 12.4 Å². The molecule has 100 valence electrons. The van der Waals surface area contributed by atoms with E-state index in [0.29, 0.717) is 11.2 Å². The summed E-state index contributed by atoms with van der Waals surface area (Å²) in [6.07, 6.45) is 6.76. The van der Waals surface area contributed by atoms with Crippen LogP contribution in [0.1, 0.15) is 40.0 Å². The minimum absolute atomic E-state index is 0.0771. The van der Waals surface area contributed by atoms with E-state index < -0.39 is 0 Å². The molecule has 1 unspecified atom stereocenters. The predicted molar refractivity (Wildman–Crippen MR) is 73.9 cm³/mol. The molecular formula is C14H23N3O. The Morgan fingerprint density at radius 1 is 1.33 bits per heavy atom. The molecule has 1 atom stereocenters. The van der Waals surface area contributed by atoms with Crippen LogP contribution in [0.4, 0.5) is 5.82 Å². The number of rotatable bonds is 1. The van der Waals surface area contributed by atoms with E-state index in [4.69, 9.17) is 0 Å². The van der Waals surface area contributed by atoms with E-state index in [9.17, 15) is 4.79 Å². The number of nitrogens with zero attached hydrogens (tertiary/aromatic N) is 2. The number of anilines is 1. The zero-order valence-electron chi connectivity index (χ0n) is 11.6. The van der Waals surface area contributed by atoms with Gasteiger partial charge in [0.25, 0.3) is 5.56 Å². The van der Waals surface area contributed by atoms with Gasteiger partial charge in [-0.3, -0.25) is 4.79 Å². The number of aromatic amines is 1. The van der Waals surface area contributed by atoms with Gasteiger partial charge in [-0.25, -0.2) is 4.98 Å². The summed E-state index contributed by atoms with van der Waals surface area (Å²) in [5.41, 5.74) is 0.277. The quantitative estimate of drug-likeness (QED) is 0.831. The first-order valence-corrected chi connectivity index (χ1v) is 6.77. The van der Waals surface area contributed by atoms with Crippen molar-refractivity contribution >= 4 is 5.82 Å². The summed E-state index contributed by atoms with van der Waals surface area (Å²) in [5, 5.41) is 0. The third-order valence-electron chi connectivity index (χ3n) is 3.94. The minimum Gasteiger partial charge on any atom is -0.352 e. The third kappa shape index (κ3) is 2.92. The van der Waals surface area contributed by atoms with Crippen LogP contribution in [0, 0.1) is 11.3 Å². The van der Waals surface area contributed by atoms with Crippen molar-refractivity contribution in [2.45, 2.75) is 40.0 Å². The molecule has 0 saturated carbocycles. The van der Waals surface area contributed by atoms with Crippen molar-refractivity contribution < 1.29 is 0 Å². The summed E-state index contributed by atoms with van der Waals surface area (Å²) < 4.78 is 0. The summed E-state index contributed by atoms with van der Waals surface area (Å²) in [4.78, 5) is 20.8. The number of hydrogen-bond acceptors (Lipinski definition) is 3. The lowest BCUT2D eigenvalue weighted by Crippen LogP contribution is -2.31. The Balaban J connectivity index is 2.11. The average molecular weight is 249 g/mol. The molecule has 4 nitrogen and oxygen atoms in total. The predicted octanol–water partition coefficient (Wildman–Crippen LogP) is 2.42. The highest BCUT2D eigenvalue weighted by Gasteiger charge is 2.27. The standard InChI is InChI=1S/C14H23N3O/c1-14(2,3)11-5-4-9-17(10-6-11)12-13(18)16-8-7-15-12/h7-8,11H,4-6,9-10H2,1-3H3,(H,16,18). The second kappa shape index (κ2) is 5.12. The molecule has 1 aliphatic heterocycles. The number of hydrogen-bond donors (Lipinski definition) is 1. The molecule has 0 bridgehead atoms. The highest BCUT2D eigenvalue weighted by Crippen LogP contribution is 2.34. The van der Waals surface area contributed by atoms with Crippen LogP contribution in [0.25, 0.3) is 0 Å². The van der Waals surface area contributed by atoms with Crippen LogP contribution in [-0.4, -0.2) is 23.1 Å². The first-order valence-electron chi connectivity index (χ1n) is 6.77. The van der Waals surface area contributed by atoms with Gasteiger partial charge in [0.05, 0.1) is 0 Å². The van der Waals surface area contributed by atoms with Gasteiger partial charge in [-0.15, -0.1) is 0 Å². The van der Waals surface area contributed by atoms with Crippen LogP contribution < -0.4 is 10.5 Å². The summed E-state index contributed by atoms with van der Waals surface area (Å²) in [6, 6.07) is 0. The first-order chi connectivity index (χ1) is 8.48. The molecule has 0 amide bonds. The lowest BCUT2D eigenvalue weighted by atomic mass is 9.77. The fourth-order valence-electron chi connectivity index (χ4n) is 2.74. The van der Waals surface area contributed by atoms with Crippen molar-refractivity contribution in [3.8, 4) is 0 Å². The maximum absolute atomic E-state index is 11.7. The molecule has 4 heteroatoms. The highest BCUT2D eigenvalue weighted by molar-refractivity contribution is 5.35. The van der Waals surface area contributed by atoms with E-state index in [0.717, 1.165) is 31.8 Å². The lowest BCUT2D eigenvalue weighted by molar-refractivity contribution is 0.220. The number of H-pyrrole nitrogens is 1. The average Bonchev–Trinajstić information content (AvgIpc) is 2.54. The van der Waals surface area contributed by atoms with Gasteiger partial charge >= 0.3 is 0 Å². The maximum Gasteiger partial charge on any atom is 0.290 e. The van der Waals surface area contributed by atoms with Crippen molar-refractivity contribution in [3.63, 3.8) is 0 Å². The third-order valence-corrected chi connectivity index (χ3v) is 3.94. The SMILES string of the molecule is CC(C)(C)C1CCCN(c2ncc[nH]c2=O)CC1. The Labute approximate surface area is 108 Å². The molecule has 0 spiro atoms. The zero-order valence-corrected chi connectivity index (χ0v) is 11.6. The van der Waals surface area contributed by atoms with E-state index in [1.165, 1.54) is 6.42 Å². The van der Waals surface area contributed by atoms with Crippen LogP contribution in [0.15, 0.2) is 17.2 Å². The number of aromatic nitrogens is 2. The summed E-state index contributed by atoms with van der Waals surface area (Å²) in [5.74, 6) is 1.30. The maximum atomic E-state index is 11.7. The van der Waals surface area contributed by atoms with Gasteiger partial charge in [0.1, 0.15) is 0 Å². The van der Waals surface area contributed by atoms with Gasteiger partial charge in [0.2, 0.25) is 0 Å². The summed E-state index contributed by atoms with van der Waals surface area (Å²) in [6.45, 7) is 8.79. The molecule has 1 aromatic rings. The lowest BCUT2D eigenvalue weighted by Gasteiger charge is -2.29. The molecule has 1 aromatic heterocycles. The van der Waals surface area contributed by atoms with E-state index in [2.05, 4.69) is 35.6 Å². The van der Waals surface area contributed by atoms with Gasteiger partial charge in [-0.1, -0.05) is 20.8 Å². The van der Waals surface area contributed by atoms with Crippen molar-refractivity contribution in [1.29, 1.82) is 0 Å². The fraction of sp³-hybridized carbons (Fsp3) is 0.714. The normalized spacial score (nSPS) is 21.7. The largest absolute Gasteiger partial charge is 0.352 e. The molecule has 1 aliphatic rings. The van der Waals surface area contributed by atoms with Crippen LogP contribution in [0.5, 0.6) is 0 Å². The molecule has 2 rings (SSSR count). The van der Waals surface area contributed by atoms with Crippen LogP contribution in [0.3, 0.4) is 0 Å². The van der Waals surface area contributed by atoms with Gasteiger partial charge in [0, 0.05) is 25.5 Å². The van der Waals surface area contributed by atoms with E-state index >= 15 is 0 Å². The molecule has 2 heterocycles. The first kappa shape index (κ1) is 13.1. The molecule has 0 aromatic carbocycles. The van der Waals surface area contributed by atoms with Crippen molar-refractivity contribution in [2.24, 2.45) is 11.3 Å². The fourth-order valence-corrected chi connectivity index (χ4v) is 2.74. The Morgan fingerprint density at radius 2 is 2.11 bits per heavy atom. The second-order valence-corrected chi connectivity index (χ2v) is 6.22. The molecule has 1 fully saturated rings. The number of nitrogens with one attached hydrogen (secondary N) is 1. The van der Waals surface area contributed by atoms with Crippen LogP contribution in [0.2, 0.25) is 0 Å². The molecule has 18 heavy (non-hydrogen) atoms. The topological polar surface area (TPSA) is 49.0 Å². The van der Waals surface area contributed by atoms with Crippen LogP contribution >= 0.6 is 0 Å². The van der Waals surface area contributed by atoms with Crippen LogP contribution in [-0.2, 0) is 0 Å². The van der Waals surface area contributed by atoms with Crippen molar-refractivity contribution in [1.82, 2.24) is 9.97 Å². The molecular weight excluding hydrogens is 226 g/mol. The van der Waals surface area contributed by atoms with E-state index in [-0.39, 0.29) is 5.56 Å². The molecule has 1 N–H and O–H groups in total. The van der Waals surface area contributed by atoms with Gasteiger partial charge in [-0.2, -0.15) is 0 Å². The Kier molecular flexibility index (Phi) is 3.73. The monoisotopic (exact) mass is 249 g/mol. The van der Waals surface area contributed by atoms with Gasteiger partial charge < -0.3 is 9.88 Å². The Morgan fingerprint density at radius 3 is 2.78 bits per heavy atom. The molecule has 1 saturated heterocycles. The van der Waals surface area contributed by atoms with Gasteiger partial charge in [-0.05, 0) is 30.6 Å². The summed E-state index contributed by atoms with van der Waals surface area (Å²) >= 11 is 0. The Bertz CT molecular complexity index is 447. The Hall–Kier alpha value is -1.32. The molecule has 0 radical (unpaired) electrons.